The van der Waals surface area contributed by atoms with Gasteiger partial charge < -0.3 is 5.73 Å². The first-order valence-electron chi connectivity index (χ1n) is 7.04. The van der Waals surface area contributed by atoms with Gasteiger partial charge in [0.15, 0.2) is 5.78 Å². The summed E-state index contributed by atoms with van der Waals surface area (Å²) in [6.45, 7) is 1.99. The van der Waals surface area contributed by atoms with E-state index >= 15 is 0 Å². The number of aryl methyl sites for hydroxylation is 1. The second-order valence-electron chi connectivity index (χ2n) is 5.40. The van der Waals surface area contributed by atoms with Crippen LogP contribution in [0.15, 0.2) is 48.5 Å². The van der Waals surface area contributed by atoms with Gasteiger partial charge in [-0.1, -0.05) is 48.0 Å². The number of ketones is 1. The Morgan fingerprint density at radius 2 is 1.64 bits per heavy atom. The predicted molar refractivity (Wildman–Crippen MR) is 85.5 cm³/mol. The highest BCUT2D eigenvalue weighted by Crippen LogP contribution is 2.40. The van der Waals surface area contributed by atoms with Crippen molar-refractivity contribution in [2.45, 2.75) is 6.92 Å². The van der Waals surface area contributed by atoms with E-state index in [-0.39, 0.29) is 11.7 Å². The van der Waals surface area contributed by atoms with Crippen molar-refractivity contribution in [3.8, 4) is 22.5 Å². The zero-order valence-corrected chi connectivity index (χ0v) is 12.0. The van der Waals surface area contributed by atoms with Crippen molar-refractivity contribution in [1.29, 1.82) is 0 Å². The number of benzene rings is 2. The van der Waals surface area contributed by atoms with Crippen LogP contribution in [0.4, 0.5) is 5.95 Å². The predicted octanol–water partition coefficient (Wildman–Crippen LogP) is 3.25. The average Bonchev–Trinajstić information content (AvgIpc) is 2.80. The minimum Gasteiger partial charge on any atom is -0.368 e. The van der Waals surface area contributed by atoms with E-state index in [1.807, 2.05) is 55.5 Å². The van der Waals surface area contributed by atoms with Gasteiger partial charge in [0.1, 0.15) is 0 Å². The van der Waals surface area contributed by atoms with Gasteiger partial charge in [-0.15, -0.1) is 0 Å². The molecule has 1 aliphatic carbocycles. The molecule has 0 unspecified atom stereocenters. The third-order valence-electron chi connectivity index (χ3n) is 3.88. The van der Waals surface area contributed by atoms with E-state index in [0.717, 1.165) is 16.7 Å². The quantitative estimate of drug-likeness (QED) is 0.583. The van der Waals surface area contributed by atoms with Gasteiger partial charge in [0, 0.05) is 16.7 Å². The van der Waals surface area contributed by atoms with Gasteiger partial charge in [0.05, 0.1) is 17.0 Å². The Labute approximate surface area is 127 Å². The van der Waals surface area contributed by atoms with Crippen molar-refractivity contribution >= 4 is 11.7 Å². The zero-order valence-electron chi connectivity index (χ0n) is 12.0. The Balaban J connectivity index is 2.06. The molecule has 106 valence electrons. The summed E-state index contributed by atoms with van der Waals surface area (Å²) in [5.74, 6) is 0.142. The summed E-state index contributed by atoms with van der Waals surface area (Å²) in [6.07, 6.45) is 0. The summed E-state index contributed by atoms with van der Waals surface area (Å²) >= 11 is 0. The fourth-order valence-electron chi connectivity index (χ4n) is 2.88. The molecule has 0 spiro atoms. The molecule has 4 rings (SSSR count). The Kier molecular flexibility index (Phi) is 2.60. The molecule has 0 bridgehead atoms. The van der Waals surface area contributed by atoms with Crippen molar-refractivity contribution < 1.29 is 4.79 Å². The Morgan fingerprint density at radius 1 is 0.909 bits per heavy atom. The molecule has 0 fully saturated rings. The number of carbonyl (C=O) groups excluding carboxylic acids is 1. The molecule has 1 heterocycles. The normalized spacial score (nSPS) is 12.1. The topological polar surface area (TPSA) is 68.9 Å². The van der Waals surface area contributed by atoms with E-state index in [1.54, 1.807) is 0 Å². The van der Waals surface area contributed by atoms with E-state index < -0.39 is 0 Å². The Hall–Kier alpha value is -3.01. The lowest BCUT2D eigenvalue weighted by atomic mass is 10.0. The molecule has 0 radical (unpaired) electrons. The number of carbonyl (C=O) groups is 1. The van der Waals surface area contributed by atoms with Crippen molar-refractivity contribution in [1.82, 2.24) is 9.97 Å². The van der Waals surface area contributed by atoms with Gasteiger partial charge in [-0.25, -0.2) is 9.97 Å². The fraction of sp³-hybridized carbons (Fsp3) is 0.0556. The Morgan fingerprint density at radius 3 is 2.41 bits per heavy atom. The molecule has 2 N–H and O–H groups in total. The lowest BCUT2D eigenvalue weighted by Crippen LogP contribution is -2.05. The first-order chi connectivity index (χ1) is 10.6. The van der Waals surface area contributed by atoms with Gasteiger partial charge in [0.25, 0.3) is 0 Å². The molecule has 2 aromatic carbocycles. The summed E-state index contributed by atoms with van der Waals surface area (Å²) in [4.78, 5) is 21.4. The number of aromatic nitrogens is 2. The van der Waals surface area contributed by atoms with Gasteiger partial charge in [-0.3, -0.25) is 4.79 Å². The van der Waals surface area contributed by atoms with E-state index in [0.29, 0.717) is 22.5 Å². The molecule has 22 heavy (non-hydrogen) atoms. The number of anilines is 1. The number of nitrogen functional groups attached to an aromatic ring is 1. The largest absolute Gasteiger partial charge is 0.368 e. The highest BCUT2D eigenvalue weighted by Gasteiger charge is 2.32. The van der Waals surface area contributed by atoms with Crippen molar-refractivity contribution in [2.75, 3.05) is 5.73 Å². The fourth-order valence-corrected chi connectivity index (χ4v) is 2.88. The van der Waals surface area contributed by atoms with Crippen molar-refractivity contribution in [2.24, 2.45) is 0 Å². The number of nitrogens with zero attached hydrogens (tertiary/aromatic N) is 2. The van der Waals surface area contributed by atoms with Crippen LogP contribution in [0.25, 0.3) is 22.5 Å². The smallest absolute Gasteiger partial charge is 0.221 e. The first kappa shape index (κ1) is 12.7. The monoisotopic (exact) mass is 287 g/mol. The average molecular weight is 287 g/mol. The maximum atomic E-state index is 12.8. The van der Waals surface area contributed by atoms with Crippen LogP contribution in [-0.4, -0.2) is 15.8 Å². The number of rotatable bonds is 1. The molecule has 0 saturated heterocycles. The minimum absolute atomic E-state index is 0.0381. The van der Waals surface area contributed by atoms with Gasteiger partial charge >= 0.3 is 0 Å². The summed E-state index contributed by atoms with van der Waals surface area (Å²) in [5, 5.41) is 0. The van der Waals surface area contributed by atoms with E-state index in [1.165, 1.54) is 0 Å². The SMILES string of the molecule is Cc1ccc2c(c1)-c1nc(N)nc(-c3ccccc3)c1C2=O. The summed E-state index contributed by atoms with van der Waals surface area (Å²) in [5.41, 5.74) is 11.1. The van der Waals surface area contributed by atoms with Crippen LogP contribution < -0.4 is 5.73 Å². The minimum atomic E-state index is -0.0381. The summed E-state index contributed by atoms with van der Waals surface area (Å²) in [6, 6.07) is 15.3. The molecule has 0 aliphatic heterocycles. The number of fused-ring (bicyclic) bond motifs is 3. The molecule has 1 aromatic heterocycles. The first-order valence-corrected chi connectivity index (χ1v) is 7.04. The summed E-state index contributed by atoms with van der Waals surface area (Å²) < 4.78 is 0. The molecular formula is C18H13N3O. The number of hydrogen-bond donors (Lipinski definition) is 1. The van der Waals surface area contributed by atoms with Crippen LogP contribution >= 0.6 is 0 Å². The molecule has 0 saturated carbocycles. The van der Waals surface area contributed by atoms with Crippen LogP contribution in [0.1, 0.15) is 21.5 Å². The molecule has 0 amide bonds. The molecular weight excluding hydrogens is 274 g/mol. The highest BCUT2D eigenvalue weighted by molar-refractivity contribution is 6.23. The molecule has 4 heteroatoms. The highest BCUT2D eigenvalue weighted by atomic mass is 16.1. The summed E-state index contributed by atoms with van der Waals surface area (Å²) in [7, 11) is 0. The van der Waals surface area contributed by atoms with Crippen LogP contribution in [0.5, 0.6) is 0 Å². The Bertz CT molecular complexity index is 917. The van der Waals surface area contributed by atoms with Crippen LogP contribution in [-0.2, 0) is 0 Å². The maximum Gasteiger partial charge on any atom is 0.221 e. The second-order valence-corrected chi connectivity index (χ2v) is 5.40. The lowest BCUT2D eigenvalue weighted by Gasteiger charge is -2.07. The third-order valence-corrected chi connectivity index (χ3v) is 3.88. The second kappa shape index (κ2) is 4.49. The van der Waals surface area contributed by atoms with E-state index in [2.05, 4.69) is 9.97 Å². The van der Waals surface area contributed by atoms with Crippen molar-refractivity contribution in [3.05, 3.63) is 65.2 Å². The maximum absolute atomic E-state index is 12.8. The standard InChI is InChI=1S/C18H13N3O/c1-10-7-8-12-13(9-10)16-14(17(12)22)15(20-18(19)21-16)11-5-3-2-4-6-11/h2-9H,1H3,(H2,19,20,21). The van der Waals surface area contributed by atoms with E-state index in [9.17, 15) is 4.79 Å². The molecule has 0 atom stereocenters. The number of nitrogens with two attached hydrogens (primary N) is 1. The van der Waals surface area contributed by atoms with Crippen molar-refractivity contribution in [3.63, 3.8) is 0 Å². The molecule has 1 aliphatic rings. The molecule has 4 nitrogen and oxygen atoms in total. The lowest BCUT2D eigenvalue weighted by molar-refractivity contribution is 0.104. The number of hydrogen-bond acceptors (Lipinski definition) is 4. The molecule has 3 aromatic rings. The van der Waals surface area contributed by atoms with Crippen LogP contribution in [0.3, 0.4) is 0 Å². The zero-order chi connectivity index (χ0) is 15.3. The van der Waals surface area contributed by atoms with Gasteiger partial charge in [0.2, 0.25) is 5.95 Å². The van der Waals surface area contributed by atoms with Gasteiger partial charge in [-0.2, -0.15) is 0 Å². The van der Waals surface area contributed by atoms with Crippen LogP contribution in [0, 0.1) is 6.92 Å². The van der Waals surface area contributed by atoms with Crippen LogP contribution in [0.2, 0.25) is 0 Å². The third kappa shape index (κ3) is 1.74. The van der Waals surface area contributed by atoms with E-state index in [4.69, 9.17) is 5.73 Å². The van der Waals surface area contributed by atoms with Gasteiger partial charge in [-0.05, 0) is 13.0 Å².